The minimum atomic E-state index is -0.483. The smallest absolute Gasteiger partial charge is 0.298 e. The van der Waals surface area contributed by atoms with Gasteiger partial charge in [0.2, 0.25) is 5.95 Å². The topological polar surface area (TPSA) is 129 Å². The molecule has 5 rings (SSSR count). The molecule has 180 valence electrons. The van der Waals surface area contributed by atoms with Gasteiger partial charge in [0.05, 0.1) is 17.7 Å². The molecule has 11 nitrogen and oxygen atoms in total. The van der Waals surface area contributed by atoms with E-state index in [2.05, 4.69) is 15.5 Å². The third-order valence-corrected chi connectivity index (χ3v) is 6.04. The number of hydrogen-bond donors (Lipinski definition) is 1. The molecule has 0 amide bonds. The number of benzene rings is 3. The lowest BCUT2D eigenvalue weighted by molar-refractivity contribution is -0.384. The highest BCUT2D eigenvalue weighted by Crippen LogP contribution is 2.23. The summed E-state index contributed by atoms with van der Waals surface area (Å²) in [5.41, 5.74) is 4.00. The average Bonchev–Trinajstić information content (AvgIpc) is 3.25. The Morgan fingerprint density at radius 3 is 2.47 bits per heavy atom. The van der Waals surface area contributed by atoms with E-state index in [0.717, 1.165) is 20.9 Å². The molecule has 0 aliphatic heterocycles. The summed E-state index contributed by atoms with van der Waals surface area (Å²) in [6.45, 7) is 0.306. The number of nitrogens with zero attached hydrogens (tertiary/aromatic N) is 6. The maximum Gasteiger partial charge on any atom is 0.332 e. The lowest BCUT2D eigenvalue weighted by Crippen LogP contribution is -2.37. The fraction of sp³-hybridized carbons (Fsp3) is 0.120. The molecule has 5 aromatic rings. The van der Waals surface area contributed by atoms with E-state index in [1.807, 2.05) is 42.5 Å². The lowest BCUT2D eigenvalue weighted by Gasteiger charge is -2.11. The van der Waals surface area contributed by atoms with Gasteiger partial charge in [-0.05, 0) is 34.0 Å². The van der Waals surface area contributed by atoms with Crippen molar-refractivity contribution in [3.8, 4) is 0 Å². The van der Waals surface area contributed by atoms with Crippen molar-refractivity contribution in [1.82, 2.24) is 18.7 Å². The number of non-ortho nitro benzene ring substituents is 1. The Morgan fingerprint density at radius 2 is 1.72 bits per heavy atom. The molecular weight excluding hydrogens is 462 g/mol. The van der Waals surface area contributed by atoms with Crippen molar-refractivity contribution < 1.29 is 4.92 Å². The van der Waals surface area contributed by atoms with E-state index >= 15 is 0 Å². The third kappa shape index (κ3) is 3.92. The zero-order valence-corrected chi connectivity index (χ0v) is 19.5. The molecule has 2 heterocycles. The molecule has 0 aliphatic carbocycles. The summed E-state index contributed by atoms with van der Waals surface area (Å²) in [6.07, 6.45) is 1.49. The molecule has 2 aromatic heterocycles. The normalized spacial score (nSPS) is 11.5. The van der Waals surface area contributed by atoms with Crippen LogP contribution in [0.1, 0.15) is 11.1 Å². The van der Waals surface area contributed by atoms with Gasteiger partial charge in [-0.1, -0.05) is 42.5 Å². The predicted molar refractivity (Wildman–Crippen MR) is 138 cm³/mol. The second-order valence-corrected chi connectivity index (χ2v) is 8.26. The first-order valence-corrected chi connectivity index (χ1v) is 11.0. The molecule has 0 radical (unpaired) electrons. The first-order valence-electron chi connectivity index (χ1n) is 11.0. The zero-order valence-electron chi connectivity index (χ0n) is 19.5. The first-order chi connectivity index (χ1) is 17.3. The van der Waals surface area contributed by atoms with Crippen molar-refractivity contribution in [3.05, 3.63) is 109 Å². The van der Waals surface area contributed by atoms with Crippen molar-refractivity contribution in [2.75, 3.05) is 5.43 Å². The molecule has 0 atom stereocenters. The maximum atomic E-state index is 13.1. The van der Waals surface area contributed by atoms with Gasteiger partial charge in [-0.25, -0.2) is 10.2 Å². The van der Waals surface area contributed by atoms with Crippen molar-refractivity contribution in [3.63, 3.8) is 0 Å². The number of hydrogen-bond acceptors (Lipinski definition) is 7. The lowest BCUT2D eigenvalue weighted by atomic mass is 10.0. The van der Waals surface area contributed by atoms with E-state index in [4.69, 9.17) is 0 Å². The SMILES string of the molecule is Cn1c(=O)c2c(nc(N/N=C\c3ccc([N+](=O)[O-])cc3)n2Cc2cccc3ccccc23)n(C)c1=O. The van der Waals surface area contributed by atoms with E-state index in [0.29, 0.717) is 12.1 Å². The quantitative estimate of drug-likeness (QED) is 0.225. The largest absolute Gasteiger partial charge is 0.332 e. The van der Waals surface area contributed by atoms with Gasteiger partial charge in [-0.3, -0.25) is 28.6 Å². The number of nitro benzene ring substituents is 1. The molecule has 0 saturated heterocycles. The van der Waals surface area contributed by atoms with Crippen LogP contribution in [0.15, 0.2) is 81.4 Å². The van der Waals surface area contributed by atoms with Crippen LogP contribution < -0.4 is 16.7 Å². The van der Waals surface area contributed by atoms with Gasteiger partial charge in [0, 0.05) is 26.2 Å². The molecular formula is C25H21N7O4. The monoisotopic (exact) mass is 483 g/mol. The summed E-state index contributed by atoms with van der Waals surface area (Å²) >= 11 is 0. The molecule has 0 fully saturated rings. The van der Waals surface area contributed by atoms with Crippen LogP contribution in [0.3, 0.4) is 0 Å². The Morgan fingerprint density at radius 1 is 1.00 bits per heavy atom. The predicted octanol–water partition coefficient (Wildman–Crippen LogP) is 2.99. The summed E-state index contributed by atoms with van der Waals surface area (Å²) < 4.78 is 4.07. The maximum absolute atomic E-state index is 13.1. The molecule has 0 spiro atoms. The molecule has 0 aliphatic rings. The Bertz CT molecular complexity index is 1770. The summed E-state index contributed by atoms with van der Waals surface area (Å²) in [4.78, 5) is 40.6. The first kappa shape index (κ1) is 22.7. The zero-order chi connectivity index (χ0) is 25.4. The second kappa shape index (κ2) is 8.95. The molecule has 1 N–H and O–H groups in total. The van der Waals surface area contributed by atoms with Gasteiger partial charge >= 0.3 is 5.69 Å². The fourth-order valence-corrected chi connectivity index (χ4v) is 4.13. The number of nitrogens with one attached hydrogen (secondary N) is 1. The second-order valence-electron chi connectivity index (χ2n) is 8.26. The Kier molecular flexibility index (Phi) is 5.65. The van der Waals surface area contributed by atoms with Crippen LogP contribution in [0, 0.1) is 10.1 Å². The highest BCUT2D eigenvalue weighted by atomic mass is 16.6. The van der Waals surface area contributed by atoms with Crippen molar-refractivity contribution >= 4 is 39.8 Å². The van der Waals surface area contributed by atoms with Gasteiger partial charge < -0.3 is 0 Å². The van der Waals surface area contributed by atoms with Gasteiger partial charge in [0.15, 0.2) is 11.2 Å². The van der Waals surface area contributed by atoms with Crippen LogP contribution in [0.2, 0.25) is 0 Å². The Labute approximate surface area is 203 Å². The van der Waals surface area contributed by atoms with E-state index in [1.165, 1.54) is 30.0 Å². The minimum absolute atomic E-state index is 0.0197. The standard InChI is InChI=1S/C25H21N7O4/c1-29-22-21(23(33)30(2)25(29)34)31(15-18-8-5-7-17-6-3-4-9-20(17)18)24(27-22)28-26-14-16-10-12-19(13-11-16)32(35)36/h3-14H,15H2,1-2H3,(H,27,28)/b26-14-. The fourth-order valence-electron chi connectivity index (χ4n) is 4.13. The number of nitro groups is 1. The molecule has 0 unspecified atom stereocenters. The van der Waals surface area contributed by atoms with Gasteiger partial charge in [0.25, 0.3) is 11.2 Å². The van der Waals surface area contributed by atoms with Gasteiger partial charge in [-0.2, -0.15) is 10.1 Å². The summed E-state index contributed by atoms with van der Waals surface area (Å²) in [5, 5.41) is 17.2. The van der Waals surface area contributed by atoms with Crippen LogP contribution in [0.5, 0.6) is 0 Å². The Hall–Kier alpha value is -5.06. The number of aryl methyl sites for hydroxylation is 1. The average molecular weight is 483 g/mol. The summed E-state index contributed by atoms with van der Waals surface area (Å²) in [7, 11) is 2.99. The Balaban J connectivity index is 1.61. The number of imidazole rings is 1. The van der Waals surface area contributed by atoms with E-state index in [-0.39, 0.29) is 22.8 Å². The van der Waals surface area contributed by atoms with Crippen LogP contribution in [-0.2, 0) is 20.6 Å². The third-order valence-electron chi connectivity index (χ3n) is 6.04. The summed E-state index contributed by atoms with van der Waals surface area (Å²) in [5.74, 6) is 0.273. The molecule has 36 heavy (non-hydrogen) atoms. The highest BCUT2D eigenvalue weighted by molar-refractivity contribution is 5.86. The molecule has 0 saturated carbocycles. The van der Waals surface area contributed by atoms with Crippen molar-refractivity contribution in [2.24, 2.45) is 19.2 Å². The summed E-state index contributed by atoms with van der Waals surface area (Å²) in [6, 6.07) is 19.8. The molecule has 11 heteroatoms. The van der Waals surface area contributed by atoms with E-state index < -0.39 is 16.2 Å². The minimum Gasteiger partial charge on any atom is -0.298 e. The number of aromatic nitrogens is 4. The van der Waals surface area contributed by atoms with Gasteiger partial charge in [0.1, 0.15) is 0 Å². The van der Waals surface area contributed by atoms with Crippen LogP contribution in [0.4, 0.5) is 11.6 Å². The van der Waals surface area contributed by atoms with Gasteiger partial charge in [-0.15, -0.1) is 0 Å². The number of rotatable bonds is 6. The van der Waals surface area contributed by atoms with Crippen molar-refractivity contribution in [1.29, 1.82) is 0 Å². The van der Waals surface area contributed by atoms with Crippen LogP contribution in [-0.4, -0.2) is 29.8 Å². The highest BCUT2D eigenvalue weighted by Gasteiger charge is 2.20. The van der Waals surface area contributed by atoms with E-state index in [1.54, 1.807) is 23.7 Å². The number of fused-ring (bicyclic) bond motifs is 2. The number of hydrazone groups is 1. The van der Waals surface area contributed by atoms with Crippen LogP contribution in [0.25, 0.3) is 21.9 Å². The van der Waals surface area contributed by atoms with Crippen molar-refractivity contribution in [2.45, 2.75) is 6.54 Å². The number of anilines is 1. The molecule has 3 aromatic carbocycles. The van der Waals surface area contributed by atoms with Crippen LogP contribution >= 0.6 is 0 Å². The molecule has 0 bridgehead atoms. The van der Waals surface area contributed by atoms with E-state index in [9.17, 15) is 19.7 Å².